The number of Topliss-reactive ketones (excluding diaryl/α,β-unsaturated/α-hetero) is 1. The zero-order valence-corrected chi connectivity index (χ0v) is 14.6. The maximum Gasteiger partial charge on any atom is 0.129 e. The maximum atomic E-state index is 10.6. The van der Waals surface area contributed by atoms with Gasteiger partial charge in [-0.2, -0.15) is 19.3 Å². The summed E-state index contributed by atoms with van der Waals surface area (Å²) in [5, 5.41) is 0. The van der Waals surface area contributed by atoms with E-state index in [2.05, 4.69) is 0 Å². The van der Waals surface area contributed by atoms with E-state index in [1.807, 2.05) is 0 Å². The van der Waals surface area contributed by atoms with E-state index in [9.17, 15) is 4.79 Å². The van der Waals surface area contributed by atoms with Gasteiger partial charge in [-0.05, 0) is 6.92 Å². The van der Waals surface area contributed by atoms with Crippen molar-refractivity contribution in [2.75, 3.05) is 0 Å². The van der Waals surface area contributed by atoms with E-state index in [1.165, 1.54) is 32.1 Å². The normalized spacial score (nSPS) is 17.4. The molecule has 0 atom stereocenters. The minimum Gasteiger partial charge on any atom is -0.314 e. The van der Waals surface area contributed by atoms with Crippen LogP contribution in [0.25, 0.3) is 0 Å². The van der Waals surface area contributed by atoms with Gasteiger partial charge in [0, 0.05) is 6.42 Å². The first-order valence-electron chi connectivity index (χ1n) is 4.62. The largest absolute Gasteiger partial charge is 0.314 e. The smallest absolute Gasteiger partial charge is 0.129 e. The summed E-state index contributed by atoms with van der Waals surface area (Å²) in [7, 11) is 0. The van der Waals surface area contributed by atoms with Crippen molar-refractivity contribution in [2.45, 2.75) is 51.9 Å². The maximum absolute atomic E-state index is 10.6. The van der Waals surface area contributed by atoms with Crippen LogP contribution in [0.1, 0.15) is 51.9 Å². The molecule has 0 aromatic carbocycles. The molecule has 0 radical (unpaired) electrons. The third-order valence-electron chi connectivity index (χ3n) is 2.37. The minimum absolute atomic E-state index is 0. The second-order valence-corrected chi connectivity index (χ2v) is 3.51. The van der Waals surface area contributed by atoms with Gasteiger partial charge in [0.1, 0.15) is 5.78 Å². The Kier molecular flexibility index (Phi) is 4.75. The van der Waals surface area contributed by atoms with E-state index in [-0.39, 0.29) is 0 Å². The second kappa shape index (κ2) is 5.34. The van der Waals surface area contributed by atoms with Gasteiger partial charge in [-0.15, -0.1) is 0 Å². The molecule has 0 heterocycles. The van der Waals surface area contributed by atoms with E-state index in [4.69, 9.17) is 0 Å². The van der Waals surface area contributed by atoms with Crippen molar-refractivity contribution in [3.63, 3.8) is 0 Å². The van der Waals surface area contributed by atoms with Gasteiger partial charge in [0.25, 0.3) is 0 Å². The van der Waals surface area contributed by atoms with Gasteiger partial charge >= 0.3 is 0 Å². The van der Waals surface area contributed by atoms with Gasteiger partial charge in [0.15, 0.2) is 0 Å². The summed E-state index contributed by atoms with van der Waals surface area (Å²) in [5.74, 6) is 2.04. The van der Waals surface area contributed by atoms with Gasteiger partial charge < -0.3 is 10.7 Å². The van der Waals surface area contributed by atoms with Crippen molar-refractivity contribution in [2.24, 2.45) is 0 Å². The molecule has 0 unspecified atom stereocenters. The number of ketones is 1. The van der Waals surface area contributed by atoms with Crippen molar-refractivity contribution in [3.05, 3.63) is 5.92 Å². The number of carbonyl (C=O) groups is 1. The molecular formula is C10H17HsO-. The summed E-state index contributed by atoms with van der Waals surface area (Å²) in [4.78, 5) is 10.6. The zero-order valence-electron chi connectivity index (χ0n) is 8.07. The average molecular weight is 422 g/mol. The predicted octanol–water partition coefficient (Wildman–Crippen LogP) is 2.89. The SMILES string of the molecule is CC(=O)CCC[C-]1CCCC1.[Hs]. The first kappa shape index (κ1) is 10.7. The van der Waals surface area contributed by atoms with Gasteiger partial charge in [-0.1, -0.05) is 19.3 Å². The van der Waals surface area contributed by atoms with Crippen LogP contribution in [0.15, 0.2) is 0 Å². The molecule has 0 spiro atoms. The molecule has 1 aliphatic rings. The summed E-state index contributed by atoms with van der Waals surface area (Å²) in [6.45, 7) is 1.68. The number of hydrogen-bond acceptors (Lipinski definition) is 1. The Bertz CT molecular complexity index is 128. The Morgan fingerprint density at radius 3 is 2.42 bits per heavy atom. The van der Waals surface area contributed by atoms with E-state index in [1.54, 1.807) is 12.8 Å². The zero-order chi connectivity index (χ0) is 8.10. The van der Waals surface area contributed by atoms with Gasteiger partial charge in [0.2, 0.25) is 0 Å². The molecule has 0 N–H and O–H groups in total. The van der Waals surface area contributed by atoms with Crippen LogP contribution in [0.2, 0.25) is 0 Å². The van der Waals surface area contributed by atoms with Gasteiger partial charge in [0.05, 0.1) is 0 Å². The molecule has 1 fully saturated rings. The Morgan fingerprint density at radius 2 is 1.92 bits per heavy atom. The van der Waals surface area contributed by atoms with Crippen LogP contribution in [-0.2, 0) is 4.79 Å². The topological polar surface area (TPSA) is 17.1 Å². The predicted molar refractivity (Wildman–Crippen MR) is 46.2 cm³/mol. The summed E-state index contributed by atoms with van der Waals surface area (Å²) < 4.78 is 0. The van der Waals surface area contributed by atoms with Crippen molar-refractivity contribution in [3.8, 4) is 0 Å². The van der Waals surface area contributed by atoms with Crippen molar-refractivity contribution < 1.29 is 4.79 Å². The molecule has 0 aromatic heterocycles. The number of rotatable bonds is 4. The number of carbonyl (C=O) groups excluding carboxylic acids is 1. The first-order valence-corrected chi connectivity index (χ1v) is 4.62. The molecule has 66 valence electrons. The molecule has 0 amide bonds. The standard InChI is InChI=1S/C10H17O.Hs/c1-9(11)5-4-8-10-6-2-3-7-10;/h2-8H2,1H3;/q-1;. The van der Waals surface area contributed by atoms with Crippen LogP contribution < -0.4 is 0 Å². The van der Waals surface area contributed by atoms with Crippen LogP contribution in [0.4, 0.5) is 0 Å². The minimum atomic E-state index is 0. The van der Waals surface area contributed by atoms with Crippen LogP contribution in [0.5, 0.6) is 0 Å². The third-order valence-corrected chi connectivity index (χ3v) is 2.37. The van der Waals surface area contributed by atoms with Crippen LogP contribution in [0.3, 0.4) is 0 Å². The van der Waals surface area contributed by atoms with Gasteiger partial charge in [-0.25, -0.2) is 0 Å². The summed E-state index contributed by atoms with van der Waals surface area (Å²) in [6, 6.07) is 0. The van der Waals surface area contributed by atoms with Crippen LogP contribution in [0, 0.1) is 5.92 Å². The molecular weight excluding hydrogens is 405 g/mol. The fourth-order valence-corrected chi connectivity index (χ4v) is 1.71. The molecule has 12 heavy (non-hydrogen) atoms. The molecule has 1 saturated carbocycles. The number of hydrogen-bond donors (Lipinski definition) is 0. The fourth-order valence-electron chi connectivity index (χ4n) is 1.71. The van der Waals surface area contributed by atoms with Gasteiger partial charge in [-0.3, -0.25) is 0 Å². The Morgan fingerprint density at radius 1 is 1.33 bits per heavy atom. The Balaban J connectivity index is 0.00000121. The van der Waals surface area contributed by atoms with E-state index >= 15 is 0 Å². The summed E-state index contributed by atoms with van der Waals surface area (Å²) in [6.07, 6.45) is 8.51. The van der Waals surface area contributed by atoms with E-state index in [0.29, 0.717) is 5.78 Å². The Labute approximate surface area is 69.2 Å². The monoisotopic (exact) mass is 422 g/mol. The molecule has 0 saturated heterocycles. The molecule has 0 aliphatic heterocycles. The summed E-state index contributed by atoms with van der Waals surface area (Å²) in [5.41, 5.74) is 0. The van der Waals surface area contributed by atoms with Crippen LogP contribution >= 0.6 is 0 Å². The second-order valence-electron chi connectivity index (χ2n) is 3.51. The van der Waals surface area contributed by atoms with E-state index in [0.717, 1.165) is 12.8 Å². The van der Waals surface area contributed by atoms with E-state index < -0.39 is 0 Å². The molecule has 0 bridgehead atoms. The Hall–Kier alpha value is -1.33. The molecule has 1 rings (SSSR count). The molecule has 2 heteroatoms. The molecule has 1 aliphatic carbocycles. The van der Waals surface area contributed by atoms with Crippen molar-refractivity contribution >= 4 is 5.78 Å². The average Bonchev–Trinajstić information content (AvgIpc) is 2.39. The quantitative estimate of drug-likeness (QED) is 0.637. The first-order chi connectivity index (χ1) is 5.29. The van der Waals surface area contributed by atoms with Crippen LogP contribution in [-0.4, -0.2) is 5.78 Å². The van der Waals surface area contributed by atoms with Crippen molar-refractivity contribution in [1.29, 1.82) is 0 Å². The van der Waals surface area contributed by atoms with Crippen molar-refractivity contribution in [1.82, 2.24) is 0 Å². The third kappa shape index (κ3) is 3.75. The molecule has 1 nitrogen and oxygen atoms in total. The fraction of sp³-hybridized carbons (Fsp3) is 0.800. The summed E-state index contributed by atoms with van der Waals surface area (Å²) >= 11 is 0. The molecule has 0 aromatic rings.